The van der Waals surface area contributed by atoms with E-state index < -0.39 is 5.79 Å². The third-order valence-electron chi connectivity index (χ3n) is 6.23. The SMILES string of the molecule is CC(C)=O.CC1(C)CC2(CC(C)(C)c3ccc(O)cc3O2)Oc2cc(O)ccc21.Oc1cccc(O)c1. The van der Waals surface area contributed by atoms with Crippen LogP contribution in [-0.4, -0.2) is 32.0 Å². The normalized spacial score (nSPS) is 17.2. The van der Waals surface area contributed by atoms with Crippen LogP contribution in [0.1, 0.15) is 65.5 Å². The molecule has 0 radical (unpaired) electrons. The zero-order chi connectivity index (χ0) is 27.6. The number of hydrogen-bond acceptors (Lipinski definition) is 7. The van der Waals surface area contributed by atoms with Crippen molar-refractivity contribution in [2.75, 3.05) is 0 Å². The van der Waals surface area contributed by atoms with E-state index in [4.69, 9.17) is 19.7 Å². The number of benzene rings is 3. The van der Waals surface area contributed by atoms with Gasteiger partial charge >= 0.3 is 0 Å². The second-order valence-corrected chi connectivity index (χ2v) is 11.0. The standard InChI is InChI=1S/C21H24O4.C6H6O2.C3H6O/c1-19(2)11-21(24-17-9-13(22)5-7-15(17)19)12-20(3,4)16-8-6-14(23)10-18(16)25-21;7-5-2-1-3-6(8)4-5;1-3(2)4/h5-10,22-23H,11-12H2,1-4H3;1-4,7-8H;1-2H3. The van der Waals surface area contributed by atoms with Gasteiger partial charge in [0.15, 0.2) is 0 Å². The highest BCUT2D eigenvalue weighted by molar-refractivity contribution is 5.72. The molecule has 3 aromatic carbocycles. The molecular formula is C30H36O7. The van der Waals surface area contributed by atoms with Gasteiger partial charge in [-0.3, -0.25) is 0 Å². The summed E-state index contributed by atoms with van der Waals surface area (Å²) in [6.45, 7) is 11.7. The molecule has 0 atom stereocenters. The Kier molecular flexibility index (Phi) is 7.67. The molecule has 0 bridgehead atoms. The van der Waals surface area contributed by atoms with Crippen LogP contribution in [0.2, 0.25) is 0 Å². The highest BCUT2D eigenvalue weighted by Crippen LogP contribution is 2.54. The maximum atomic E-state index is 9.89. The summed E-state index contributed by atoms with van der Waals surface area (Å²) in [5, 5.41) is 37.1. The predicted octanol–water partition coefficient (Wildman–Crippen LogP) is 6.31. The molecule has 0 unspecified atom stereocenters. The lowest BCUT2D eigenvalue weighted by atomic mass is 9.69. The van der Waals surface area contributed by atoms with Crippen molar-refractivity contribution in [3.8, 4) is 34.5 Å². The van der Waals surface area contributed by atoms with E-state index in [-0.39, 0.29) is 39.6 Å². The molecule has 2 aliphatic heterocycles. The lowest BCUT2D eigenvalue weighted by molar-refractivity contribution is -0.166. The molecule has 2 aliphatic rings. The number of fused-ring (bicyclic) bond motifs is 2. The lowest BCUT2D eigenvalue weighted by Crippen LogP contribution is -2.55. The zero-order valence-corrected chi connectivity index (χ0v) is 22.2. The van der Waals surface area contributed by atoms with Crippen molar-refractivity contribution < 1.29 is 34.7 Å². The summed E-state index contributed by atoms with van der Waals surface area (Å²) in [6, 6.07) is 16.4. The van der Waals surface area contributed by atoms with E-state index in [0.29, 0.717) is 24.3 Å². The number of rotatable bonds is 0. The zero-order valence-electron chi connectivity index (χ0n) is 22.2. The van der Waals surface area contributed by atoms with Gasteiger partial charge in [0.1, 0.15) is 40.3 Å². The van der Waals surface area contributed by atoms with Gasteiger partial charge in [-0.15, -0.1) is 0 Å². The van der Waals surface area contributed by atoms with Crippen LogP contribution in [0.4, 0.5) is 0 Å². The summed E-state index contributed by atoms with van der Waals surface area (Å²) >= 11 is 0. The molecule has 7 nitrogen and oxygen atoms in total. The minimum atomic E-state index is -0.825. The second-order valence-electron chi connectivity index (χ2n) is 11.0. The molecule has 0 aromatic heterocycles. The minimum absolute atomic E-state index is 0.0880. The van der Waals surface area contributed by atoms with Crippen molar-refractivity contribution >= 4 is 5.78 Å². The number of aromatic hydroxyl groups is 4. The molecule has 198 valence electrons. The number of ether oxygens (including phenoxy) is 2. The molecule has 5 rings (SSSR count). The smallest absolute Gasteiger partial charge is 0.252 e. The van der Waals surface area contributed by atoms with Gasteiger partial charge in [0.2, 0.25) is 0 Å². The Morgan fingerprint density at radius 1 is 0.649 bits per heavy atom. The van der Waals surface area contributed by atoms with Gasteiger partial charge in [-0.2, -0.15) is 0 Å². The van der Waals surface area contributed by atoms with Crippen molar-refractivity contribution in [3.63, 3.8) is 0 Å². The Hall–Kier alpha value is -3.87. The van der Waals surface area contributed by atoms with Crippen LogP contribution in [0.25, 0.3) is 0 Å². The first-order valence-corrected chi connectivity index (χ1v) is 12.1. The van der Waals surface area contributed by atoms with Crippen LogP contribution in [0.3, 0.4) is 0 Å². The van der Waals surface area contributed by atoms with Gasteiger partial charge in [0, 0.05) is 53.0 Å². The van der Waals surface area contributed by atoms with Crippen LogP contribution >= 0.6 is 0 Å². The number of carbonyl (C=O) groups is 1. The molecule has 0 saturated carbocycles. The summed E-state index contributed by atoms with van der Waals surface area (Å²) in [5.74, 6) is 1.20. The fraction of sp³-hybridized carbons (Fsp3) is 0.367. The summed E-state index contributed by atoms with van der Waals surface area (Å²) < 4.78 is 12.7. The van der Waals surface area contributed by atoms with Crippen molar-refractivity contribution in [2.24, 2.45) is 0 Å². The monoisotopic (exact) mass is 508 g/mol. The van der Waals surface area contributed by atoms with Gasteiger partial charge in [-0.25, -0.2) is 0 Å². The first-order chi connectivity index (χ1) is 17.1. The molecule has 4 N–H and O–H groups in total. The van der Waals surface area contributed by atoms with E-state index >= 15 is 0 Å². The molecular weight excluding hydrogens is 472 g/mol. The number of phenolic OH excluding ortho intramolecular Hbond substituents is 4. The maximum Gasteiger partial charge on any atom is 0.252 e. The van der Waals surface area contributed by atoms with Crippen LogP contribution < -0.4 is 9.47 Å². The Morgan fingerprint density at radius 3 is 1.32 bits per heavy atom. The number of hydrogen-bond donors (Lipinski definition) is 4. The van der Waals surface area contributed by atoms with E-state index in [2.05, 4.69) is 27.7 Å². The number of Topliss-reactive ketones (excluding diaryl/α,β-unsaturated/α-hetero) is 1. The van der Waals surface area contributed by atoms with Gasteiger partial charge in [-0.05, 0) is 38.1 Å². The van der Waals surface area contributed by atoms with E-state index in [1.165, 1.54) is 32.0 Å². The van der Waals surface area contributed by atoms with Gasteiger partial charge in [0.05, 0.1) is 0 Å². The predicted molar refractivity (Wildman–Crippen MR) is 142 cm³/mol. The minimum Gasteiger partial charge on any atom is -0.508 e. The largest absolute Gasteiger partial charge is 0.508 e. The molecule has 1 spiro atoms. The average molecular weight is 509 g/mol. The fourth-order valence-corrected chi connectivity index (χ4v) is 4.97. The van der Waals surface area contributed by atoms with Crippen molar-refractivity contribution in [2.45, 2.75) is 71.0 Å². The summed E-state index contributed by atoms with van der Waals surface area (Å²) in [6.07, 6.45) is 1.38. The highest BCUT2D eigenvalue weighted by Gasteiger charge is 2.53. The summed E-state index contributed by atoms with van der Waals surface area (Å²) in [7, 11) is 0. The van der Waals surface area contributed by atoms with Crippen LogP contribution in [0.15, 0.2) is 60.7 Å². The van der Waals surface area contributed by atoms with Gasteiger partial charge < -0.3 is 34.7 Å². The Bertz CT molecular complexity index is 1180. The topological polar surface area (TPSA) is 116 Å². The van der Waals surface area contributed by atoms with Gasteiger partial charge in [-0.1, -0.05) is 45.9 Å². The second kappa shape index (κ2) is 10.2. The van der Waals surface area contributed by atoms with E-state index in [9.17, 15) is 15.0 Å². The molecule has 0 aliphatic carbocycles. The molecule has 0 saturated heterocycles. The van der Waals surface area contributed by atoms with Gasteiger partial charge in [0.25, 0.3) is 5.79 Å². The van der Waals surface area contributed by atoms with Crippen molar-refractivity contribution in [1.29, 1.82) is 0 Å². The summed E-state index contributed by atoms with van der Waals surface area (Å²) in [5.41, 5.74) is 1.82. The lowest BCUT2D eigenvalue weighted by Gasteiger charge is -2.51. The maximum absolute atomic E-state index is 9.89. The fourth-order valence-electron chi connectivity index (χ4n) is 4.97. The molecule has 3 aromatic rings. The quantitative estimate of drug-likeness (QED) is 0.281. The number of ketones is 1. The average Bonchev–Trinajstić information content (AvgIpc) is 2.71. The van der Waals surface area contributed by atoms with E-state index in [1.54, 1.807) is 30.3 Å². The number of carbonyl (C=O) groups excluding carboxylic acids is 1. The van der Waals surface area contributed by atoms with Crippen molar-refractivity contribution in [3.05, 3.63) is 71.8 Å². The molecule has 7 heteroatoms. The van der Waals surface area contributed by atoms with E-state index in [0.717, 1.165) is 11.1 Å². The number of phenols is 4. The highest BCUT2D eigenvalue weighted by atomic mass is 16.7. The third kappa shape index (κ3) is 6.67. The van der Waals surface area contributed by atoms with Crippen LogP contribution in [0.5, 0.6) is 34.5 Å². The molecule has 0 fully saturated rings. The van der Waals surface area contributed by atoms with Crippen molar-refractivity contribution in [1.82, 2.24) is 0 Å². The van der Waals surface area contributed by atoms with Crippen LogP contribution in [0, 0.1) is 0 Å². The van der Waals surface area contributed by atoms with Crippen LogP contribution in [-0.2, 0) is 15.6 Å². The van der Waals surface area contributed by atoms with E-state index in [1.807, 2.05) is 12.1 Å². The molecule has 0 amide bonds. The Morgan fingerprint density at radius 2 is 1.00 bits per heavy atom. The molecule has 37 heavy (non-hydrogen) atoms. The molecule has 2 heterocycles. The first kappa shape index (κ1) is 27.7. The first-order valence-electron chi connectivity index (χ1n) is 12.1. The third-order valence-corrected chi connectivity index (χ3v) is 6.23. The Balaban J connectivity index is 0.000000263. The Labute approximate surface area is 217 Å². The summed E-state index contributed by atoms with van der Waals surface area (Å²) in [4.78, 5) is 9.44.